The second-order valence-electron chi connectivity index (χ2n) is 4.48. The maximum absolute atomic E-state index is 11.9. The molecule has 1 aromatic carbocycles. The summed E-state index contributed by atoms with van der Waals surface area (Å²) in [6.07, 6.45) is 0. The molecule has 2 amide bonds. The Kier molecular flexibility index (Phi) is 5.82. The number of ether oxygens (including phenoxy) is 1. The zero-order valence-corrected chi connectivity index (χ0v) is 15.2. The van der Waals surface area contributed by atoms with Crippen molar-refractivity contribution < 1.29 is 17.9 Å². The number of hydrogen-bond acceptors (Lipinski definition) is 7. The lowest BCUT2D eigenvalue weighted by molar-refractivity contribution is 0.256. The van der Waals surface area contributed by atoms with Crippen LogP contribution in [0.1, 0.15) is 5.82 Å². The van der Waals surface area contributed by atoms with Crippen LogP contribution in [0, 0.1) is 6.92 Å². The van der Waals surface area contributed by atoms with Gasteiger partial charge in [-0.2, -0.15) is 23.4 Å². The molecule has 0 spiro atoms. The van der Waals surface area contributed by atoms with E-state index in [1.807, 2.05) is 0 Å². The molecule has 1 aromatic heterocycles. The van der Waals surface area contributed by atoms with Gasteiger partial charge in [0.15, 0.2) is 0 Å². The van der Waals surface area contributed by atoms with Crippen molar-refractivity contribution in [3.8, 4) is 6.01 Å². The highest BCUT2D eigenvalue weighted by Gasteiger charge is 2.16. The van der Waals surface area contributed by atoms with E-state index in [9.17, 15) is 13.2 Å². The van der Waals surface area contributed by atoms with Crippen molar-refractivity contribution >= 4 is 51.1 Å². The number of aryl methyl sites for hydroxylation is 1. The summed E-state index contributed by atoms with van der Waals surface area (Å²) in [4.78, 5) is 23.3. The first-order chi connectivity index (χ1) is 11.7. The van der Waals surface area contributed by atoms with Gasteiger partial charge in [0.2, 0.25) is 5.95 Å². The van der Waals surface area contributed by atoms with Gasteiger partial charge in [-0.3, -0.25) is 10.0 Å². The van der Waals surface area contributed by atoms with E-state index in [-0.39, 0.29) is 33.5 Å². The first kappa shape index (κ1) is 19.0. The third kappa shape index (κ3) is 5.59. The molecule has 1 heterocycles. The zero-order chi connectivity index (χ0) is 18.6. The summed E-state index contributed by atoms with van der Waals surface area (Å²) in [5, 5.41) is 2.57. The van der Waals surface area contributed by atoms with Crippen LogP contribution < -0.4 is 19.5 Å². The van der Waals surface area contributed by atoms with Gasteiger partial charge < -0.3 is 4.74 Å². The quantitative estimate of drug-likeness (QED) is 0.690. The molecule has 0 atom stereocenters. The minimum atomic E-state index is -4.23. The van der Waals surface area contributed by atoms with Crippen LogP contribution in [-0.4, -0.2) is 36.5 Å². The lowest BCUT2D eigenvalue weighted by Crippen LogP contribution is -2.38. The molecule has 2 aromatic rings. The zero-order valence-electron chi connectivity index (χ0n) is 12.9. The fourth-order valence-electron chi connectivity index (χ4n) is 1.59. The minimum Gasteiger partial charge on any atom is -0.467 e. The summed E-state index contributed by atoms with van der Waals surface area (Å²) in [6, 6.07) is 2.97. The molecule has 0 aliphatic carbocycles. The molecule has 13 heteroatoms. The fourth-order valence-corrected chi connectivity index (χ4v) is 2.68. The molecular weight excluding hydrogens is 395 g/mol. The molecule has 0 aliphatic rings. The van der Waals surface area contributed by atoms with Gasteiger partial charge in [0.05, 0.1) is 22.8 Å². The summed E-state index contributed by atoms with van der Waals surface area (Å²) in [7, 11) is -2.89. The molecule has 2 rings (SSSR count). The predicted molar refractivity (Wildman–Crippen MR) is 92.3 cm³/mol. The maximum atomic E-state index is 11.9. The standard InChI is InChI=1S/C12H12Cl2N6O4S/c1-6-15-10(18-12(16-6)24-2)17-11(21)20-25(22,23)19-7-3-4-8(13)9(14)5-7/h3-5,19H,1-2H3,(H2,15,16,17,18,20,21). The highest BCUT2D eigenvalue weighted by atomic mass is 35.5. The van der Waals surface area contributed by atoms with Crippen molar-refractivity contribution in [1.82, 2.24) is 19.7 Å². The van der Waals surface area contributed by atoms with Crippen molar-refractivity contribution in [1.29, 1.82) is 0 Å². The molecule has 10 nitrogen and oxygen atoms in total. The number of methoxy groups -OCH3 is 1. The van der Waals surface area contributed by atoms with E-state index in [1.54, 1.807) is 11.6 Å². The summed E-state index contributed by atoms with van der Waals surface area (Å²) >= 11 is 11.5. The van der Waals surface area contributed by atoms with Gasteiger partial charge in [0.25, 0.3) is 0 Å². The third-order valence-electron chi connectivity index (χ3n) is 2.53. The topological polar surface area (TPSA) is 135 Å². The molecule has 0 fully saturated rings. The van der Waals surface area contributed by atoms with E-state index in [1.165, 1.54) is 25.3 Å². The monoisotopic (exact) mass is 406 g/mol. The lowest BCUT2D eigenvalue weighted by Gasteiger charge is -2.10. The molecular formula is C12H12Cl2N6O4S. The van der Waals surface area contributed by atoms with E-state index >= 15 is 0 Å². The Bertz CT molecular complexity index is 908. The molecule has 25 heavy (non-hydrogen) atoms. The molecule has 3 N–H and O–H groups in total. The second kappa shape index (κ2) is 7.68. The Balaban J connectivity index is 2.05. The molecule has 0 bridgehead atoms. The van der Waals surface area contributed by atoms with Crippen LogP contribution in [0.3, 0.4) is 0 Å². The van der Waals surface area contributed by atoms with E-state index in [2.05, 4.69) is 25.0 Å². The first-order valence-electron chi connectivity index (χ1n) is 6.52. The Morgan fingerprint density at radius 2 is 1.88 bits per heavy atom. The number of urea groups is 1. The Labute approximate surface area is 153 Å². The summed E-state index contributed by atoms with van der Waals surface area (Å²) in [6.45, 7) is 1.55. The number of rotatable bonds is 5. The largest absolute Gasteiger partial charge is 0.467 e. The Morgan fingerprint density at radius 3 is 2.52 bits per heavy atom. The molecule has 134 valence electrons. The number of nitrogens with one attached hydrogen (secondary N) is 3. The fraction of sp³-hybridized carbons (Fsp3) is 0.167. The molecule has 0 aliphatic heterocycles. The SMILES string of the molecule is COc1nc(C)nc(NC(=O)NS(=O)(=O)Nc2ccc(Cl)c(Cl)c2)n1. The van der Waals surface area contributed by atoms with Crippen molar-refractivity contribution in [3.05, 3.63) is 34.1 Å². The van der Waals surface area contributed by atoms with Crippen molar-refractivity contribution in [2.24, 2.45) is 0 Å². The third-order valence-corrected chi connectivity index (χ3v) is 4.23. The smallest absolute Gasteiger partial charge is 0.336 e. The maximum Gasteiger partial charge on any atom is 0.336 e. The van der Waals surface area contributed by atoms with E-state index in [0.717, 1.165) is 0 Å². The van der Waals surface area contributed by atoms with Gasteiger partial charge in [0, 0.05) is 0 Å². The van der Waals surface area contributed by atoms with Gasteiger partial charge >= 0.3 is 22.3 Å². The number of hydrogen-bond donors (Lipinski definition) is 3. The lowest BCUT2D eigenvalue weighted by atomic mass is 10.3. The number of amides is 2. The van der Waals surface area contributed by atoms with Crippen LogP contribution in [0.5, 0.6) is 6.01 Å². The van der Waals surface area contributed by atoms with Gasteiger partial charge in [0.1, 0.15) is 5.82 Å². The number of carbonyl (C=O) groups is 1. The summed E-state index contributed by atoms with van der Waals surface area (Å²) < 4.78 is 32.6. The van der Waals surface area contributed by atoms with Gasteiger partial charge in [-0.15, -0.1) is 0 Å². The van der Waals surface area contributed by atoms with Gasteiger partial charge in [-0.1, -0.05) is 23.2 Å². The highest BCUT2D eigenvalue weighted by Crippen LogP contribution is 2.25. The number of carbonyl (C=O) groups excluding carboxylic acids is 1. The first-order valence-corrected chi connectivity index (χ1v) is 8.75. The summed E-state index contributed by atoms with van der Waals surface area (Å²) in [5.74, 6) is 0.102. The second-order valence-corrected chi connectivity index (χ2v) is 6.71. The number of halogens is 2. The van der Waals surface area contributed by atoms with Crippen LogP contribution in [0.4, 0.5) is 16.4 Å². The van der Waals surface area contributed by atoms with Crippen molar-refractivity contribution in [3.63, 3.8) is 0 Å². The molecule has 0 saturated heterocycles. The van der Waals surface area contributed by atoms with E-state index in [0.29, 0.717) is 0 Å². The predicted octanol–water partition coefficient (Wildman–Crippen LogP) is 1.97. The minimum absolute atomic E-state index is 0.0282. The Morgan fingerprint density at radius 1 is 1.16 bits per heavy atom. The number of aromatic nitrogens is 3. The highest BCUT2D eigenvalue weighted by molar-refractivity contribution is 7.91. The molecule has 0 unspecified atom stereocenters. The van der Waals surface area contributed by atoms with Crippen LogP contribution in [0.15, 0.2) is 18.2 Å². The van der Waals surface area contributed by atoms with E-state index < -0.39 is 16.2 Å². The summed E-state index contributed by atoms with van der Waals surface area (Å²) in [5.41, 5.74) is 0.118. The normalized spacial score (nSPS) is 10.9. The van der Waals surface area contributed by atoms with Gasteiger partial charge in [-0.25, -0.2) is 9.52 Å². The van der Waals surface area contributed by atoms with Crippen molar-refractivity contribution in [2.45, 2.75) is 6.92 Å². The number of benzene rings is 1. The van der Waals surface area contributed by atoms with Crippen LogP contribution in [0.2, 0.25) is 10.0 Å². The van der Waals surface area contributed by atoms with Crippen LogP contribution >= 0.6 is 23.2 Å². The number of nitrogens with zero attached hydrogens (tertiary/aromatic N) is 3. The van der Waals surface area contributed by atoms with Crippen LogP contribution in [0.25, 0.3) is 0 Å². The van der Waals surface area contributed by atoms with Crippen molar-refractivity contribution in [2.75, 3.05) is 17.1 Å². The molecule has 0 saturated carbocycles. The van der Waals surface area contributed by atoms with E-state index in [4.69, 9.17) is 27.9 Å². The average Bonchev–Trinajstić information content (AvgIpc) is 2.49. The molecule has 0 radical (unpaired) electrons. The van der Waals surface area contributed by atoms with Crippen LogP contribution in [-0.2, 0) is 10.2 Å². The number of anilines is 2. The average molecular weight is 407 g/mol. The Hall–Kier alpha value is -2.37. The van der Waals surface area contributed by atoms with Gasteiger partial charge in [-0.05, 0) is 25.1 Å².